The zero-order valence-corrected chi connectivity index (χ0v) is 14.3. The molecule has 3 rings (SSSR count). The summed E-state index contributed by atoms with van der Waals surface area (Å²) in [5.74, 6) is -1.000. The second kappa shape index (κ2) is 7.01. The summed E-state index contributed by atoms with van der Waals surface area (Å²) in [6.45, 7) is 4.14. The maximum Gasteiger partial charge on any atom is 0.308 e. The zero-order valence-electron chi connectivity index (χ0n) is 14.3. The van der Waals surface area contributed by atoms with Crippen molar-refractivity contribution in [1.29, 1.82) is 0 Å². The van der Waals surface area contributed by atoms with E-state index < -0.39 is 11.9 Å². The van der Waals surface area contributed by atoms with E-state index in [1.54, 1.807) is 24.9 Å². The number of carboxylic acid groups (broad SMARTS) is 1. The molecule has 1 aromatic heterocycles. The highest BCUT2D eigenvalue weighted by molar-refractivity contribution is 5.95. The van der Waals surface area contributed by atoms with Crippen molar-refractivity contribution >= 4 is 11.9 Å². The number of carboxylic acids is 1. The molecule has 25 heavy (non-hydrogen) atoms. The van der Waals surface area contributed by atoms with Gasteiger partial charge in [0, 0.05) is 24.3 Å². The van der Waals surface area contributed by atoms with Gasteiger partial charge in [-0.05, 0) is 26.7 Å². The predicted octanol–water partition coefficient (Wildman–Crippen LogP) is 2.78. The molecule has 1 saturated heterocycles. The monoisotopic (exact) mass is 339 g/mol. The number of amides is 1. The number of carbonyl (C=O) groups excluding carboxylic acids is 1. The van der Waals surface area contributed by atoms with Crippen LogP contribution >= 0.6 is 0 Å². The van der Waals surface area contributed by atoms with Gasteiger partial charge in [0.1, 0.15) is 0 Å². The minimum absolute atomic E-state index is 0.199. The van der Waals surface area contributed by atoms with Crippen LogP contribution in [0.2, 0.25) is 0 Å². The summed E-state index contributed by atoms with van der Waals surface area (Å²) in [6, 6.07) is 9.24. The molecule has 130 valence electrons. The van der Waals surface area contributed by atoms with Crippen molar-refractivity contribution in [2.75, 3.05) is 6.54 Å². The molecule has 1 aliphatic heterocycles. The predicted molar refractivity (Wildman–Crippen MR) is 93.1 cm³/mol. The molecular weight excluding hydrogens is 318 g/mol. The Kier molecular flexibility index (Phi) is 4.79. The lowest BCUT2D eigenvalue weighted by molar-refractivity contribution is -0.144. The Hall–Kier alpha value is -2.76. The average Bonchev–Trinajstić information content (AvgIpc) is 2.62. The topological polar surface area (TPSA) is 83.4 Å². The molecule has 6 heteroatoms. The van der Waals surface area contributed by atoms with Gasteiger partial charge in [-0.1, -0.05) is 30.3 Å². The van der Waals surface area contributed by atoms with E-state index in [2.05, 4.69) is 9.97 Å². The van der Waals surface area contributed by atoms with Gasteiger partial charge in [-0.3, -0.25) is 9.59 Å². The fourth-order valence-electron chi connectivity index (χ4n) is 3.32. The van der Waals surface area contributed by atoms with Crippen molar-refractivity contribution in [3.63, 3.8) is 0 Å². The Balaban J connectivity index is 1.86. The van der Waals surface area contributed by atoms with Crippen LogP contribution in [0.5, 0.6) is 0 Å². The normalized spacial score (nSPS) is 20.3. The summed E-state index contributed by atoms with van der Waals surface area (Å²) >= 11 is 0. The summed E-state index contributed by atoms with van der Waals surface area (Å²) in [7, 11) is 0. The molecule has 0 saturated carbocycles. The molecule has 0 bridgehead atoms. The lowest BCUT2D eigenvalue weighted by atomic mass is 9.90. The molecule has 1 N–H and O–H groups in total. The number of hydrogen-bond acceptors (Lipinski definition) is 4. The van der Waals surface area contributed by atoms with E-state index in [4.69, 9.17) is 0 Å². The van der Waals surface area contributed by atoms with Gasteiger partial charge in [0.25, 0.3) is 5.91 Å². The number of aromatic nitrogens is 2. The number of rotatable bonds is 3. The maximum absolute atomic E-state index is 12.9. The van der Waals surface area contributed by atoms with Gasteiger partial charge in [-0.25, -0.2) is 9.97 Å². The van der Waals surface area contributed by atoms with E-state index in [0.29, 0.717) is 36.5 Å². The Bertz CT molecular complexity index is 792. The van der Waals surface area contributed by atoms with Gasteiger partial charge in [0.15, 0.2) is 5.82 Å². The first-order valence-electron chi connectivity index (χ1n) is 8.42. The third-order valence-corrected chi connectivity index (χ3v) is 4.81. The van der Waals surface area contributed by atoms with Crippen molar-refractivity contribution in [2.45, 2.75) is 32.7 Å². The van der Waals surface area contributed by atoms with Crippen LogP contribution in [-0.2, 0) is 4.79 Å². The summed E-state index contributed by atoms with van der Waals surface area (Å²) in [6.07, 6.45) is 2.84. The Morgan fingerprint density at radius 3 is 2.60 bits per heavy atom. The first-order valence-corrected chi connectivity index (χ1v) is 8.42. The van der Waals surface area contributed by atoms with Gasteiger partial charge in [0.2, 0.25) is 0 Å². The van der Waals surface area contributed by atoms with Gasteiger partial charge >= 0.3 is 5.97 Å². The highest BCUT2D eigenvalue weighted by Gasteiger charge is 2.36. The number of carbonyl (C=O) groups is 2. The Morgan fingerprint density at radius 2 is 1.96 bits per heavy atom. The number of piperidine rings is 1. The number of hydrogen-bond donors (Lipinski definition) is 1. The van der Waals surface area contributed by atoms with Crippen molar-refractivity contribution in [1.82, 2.24) is 14.9 Å². The van der Waals surface area contributed by atoms with Crippen LogP contribution in [0.1, 0.15) is 35.8 Å². The SMILES string of the molecule is Cc1nc(-c2ccccc2)ncc1C(=O)N1CCC[C@@H](C(=O)O)[C@H]1C. The molecule has 0 radical (unpaired) electrons. The second-order valence-electron chi connectivity index (χ2n) is 6.38. The summed E-state index contributed by atoms with van der Waals surface area (Å²) in [4.78, 5) is 34.7. The van der Waals surface area contributed by atoms with E-state index in [9.17, 15) is 14.7 Å². The standard InChI is InChI=1S/C19H21N3O3/c1-12-16(11-20-17(21-12)14-7-4-3-5-8-14)18(23)22-10-6-9-15(13(22)2)19(24)25/h3-5,7-8,11,13,15H,6,9-10H2,1-2H3,(H,24,25)/t13-,15-/m1/s1. The van der Waals surface area contributed by atoms with Crippen LogP contribution in [0.4, 0.5) is 0 Å². The van der Waals surface area contributed by atoms with Crippen LogP contribution < -0.4 is 0 Å². The Morgan fingerprint density at radius 1 is 1.24 bits per heavy atom. The van der Waals surface area contributed by atoms with Crippen molar-refractivity contribution < 1.29 is 14.7 Å². The summed E-state index contributed by atoms with van der Waals surface area (Å²) in [5.41, 5.74) is 1.92. The van der Waals surface area contributed by atoms with E-state index >= 15 is 0 Å². The molecule has 2 heterocycles. The molecular formula is C19H21N3O3. The Labute approximate surface area is 146 Å². The quantitative estimate of drug-likeness (QED) is 0.929. The highest BCUT2D eigenvalue weighted by Crippen LogP contribution is 2.26. The zero-order chi connectivity index (χ0) is 18.0. The lowest BCUT2D eigenvalue weighted by Gasteiger charge is -2.37. The van der Waals surface area contributed by atoms with Crippen LogP contribution in [0, 0.1) is 12.8 Å². The number of likely N-dealkylation sites (tertiary alicyclic amines) is 1. The van der Waals surface area contributed by atoms with E-state index in [0.717, 1.165) is 5.56 Å². The number of aryl methyl sites for hydroxylation is 1. The summed E-state index contributed by atoms with van der Waals surface area (Å²) < 4.78 is 0. The van der Waals surface area contributed by atoms with E-state index in [1.165, 1.54) is 0 Å². The average molecular weight is 339 g/mol. The molecule has 0 aliphatic carbocycles. The van der Waals surface area contributed by atoms with Gasteiger partial charge < -0.3 is 10.0 Å². The smallest absolute Gasteiger partial charge is 0.308 e. The van der Waals surface area contributed by atoms with E-state index in [-0.39, 0.29) is 11.9 Å². The number of benzene rings is 1. The molecule has 1 amide bonds. The lowest BCUT2D eigenvalue weighted by Crippen LogP contribution is -2.49. The van der Waals surface area contributed by atoms with Crippen molar-refractivity contribution in [3.8, 4) is 11.4 Å². The molecule has 1 fully saturated rings. The minimum atomic E-state index is -0.850. The molecule has 6 nitrogen and oxygen atoms in total. The fourth-order valence-corrected chi connectivity index (χ4v) is 3.32. The largest absolute Gasteiger partial charge is 0.481 e. The van der Waals surface area contributed by atoms with Crippen LogP contribution in [0.25, 0.3) is 11.4 Å². The van der Waals surface area contributed by atoms with Gasteiger partial charge in [-0.15, -0.1) is 0 Å². The van der Waals surface area contributed by atoms with Crippen LogP contribution in [0.15, 0.2) is 36.5 Å². The molecule has 0 spiro atoms. The van der Waals surface area contributed by atoms with Gasteiger partial charge in [0.05, 0.1) is 17.2 Å². The van der Waals surface area contributed by atoms with Gasteiger partial charge in [-0.2, -0.15) is 0 Å². The minimum Gasteiger partial charge on any atom is -0.481 e. The first-order chi connectivity index (χ1) is 12.0. The van der Waals surface area contributed by atoms with E-state index in [1.807, 2.05) is 30.3 Å². The highest BCUT2D eigenvalue weighted by atomic mass is 16.4. The molecule has 1 aromatic carbocycles. The van der Waals surface area contributed by atoms with Crippen molar-refractivity contribution in [2.24, 2.45) is 5.92 Å². The maximum atomic E-state index is 12.9. The third-order valence-electron chi connectivity index (χ3n) is 4.81. The van der Waals surface area contributed by atoms with Crippen LogP contribution in [0.3, 0.4) is 0 Å². The molecule has 1 aliphatic rings. The van der Waals surface area contributed by atoms with Crippen LogP contribution in [-0.4, -0.2) is 44.4 Å². The molecule has 2 atom stereocenters. The number of nitrogens with zero attached hydrogens (tertiary/aromatic N) is 3. The molecule has 2 aromatic rings. The van der Waals surface area contributed by atoms with Crippen molar-refractivity contribution in [3.05, 3.63) is 47.8 Å². The second-order valence-corrected chi connectivity index (χ2v) is 6.38. The number of aliphatic carboxylic acids is 1. The summed E-state index contributed by atoms with van der Waals surface area (Å²) in [5, 5.41) is 9.33. The third kappa shape index (κ3) is 3.38. The fraction of sp³-hybridized carbons (Fsp3) is 0.368. The molecule has 0 unspecified atom stereocenters. The first kappa shape index (κ1) is 17.1.